The van der Waals surface area contributed by atoms with Gasteiger partial charge in [-0.05, 0) is 31.0 Å². The number of hydrogen-bond donors (Lipinski definition) is 2. The molecule has 0 aliphatic carbocycles. The Morgan fingerprint density at radius 3 is 2.68 bits per heavy atom. The van der Waals surface area contributed by atoms with Crippen molar-refractivity contribution >= 4 is 22.4 Å². The first-order valence-corrected chi connectivity index (χ1v) is 7.46. The van der Waals surface area contributed by atoms with Crippen LogP contribution in [0, 0.1) is 11.7 Å². The second-order valence-electron chi connectivity index (χ2n) is 4.63. The quantitative estimate of drug-likeness (QED) is 0.890. The van der Waals surface area contributed by atoms with Crippen molar-refractivity contribution in [1.82, 2.24) is 10.0 Å². The molecular formula is C12H18ClFN2O2S. The van der Waals surface area contributed by atoms with Gasteiger partial charge in [0.15, 0.2) is 0 Å². The van der Waals surface area contributed by atoms with Gasteiger partial charge in [0, 0.05) is 12.6 Å². The molecule has 1 aromatic carbocycles. The zero-order valence-electron chi connectivity index (χ0n) is 10.6. The maximum absolute atomic E-state index is 13.5. The molecule has 0 spiro atoms. The molecule has 4 nitrogen and oxygen atoms in total. The number of sulfonamides is 1. The van der Waals surface area contributed by atoms with E-state index in [9.17, 15) is 12.8 Å². The number of benzene rings is 1. The average Bonchev–Trinajstić information content (AvgIpc) is 2.32. The van der Waals surface area contributed by atoms with E-state index in [-0.39, 0.29) is 29.3 Å². The van der Waals surface area contributed by atoms with Gasteiger partial charge in [0.1, 0.15) is 10.7 Å². The van der Waals surface area contributed by atoms with Crippen LogP contribution in [0.4, 0.5) is 4.39 Å². The zero-order chi connectivity index (χ0) is 13.2. The average molecular weight is 309 g/mol. The molecule has 2 atom stereocenters. The number of halogens is 2. The van der Waals surface area contributed by atoms with Crippen LogP contribution >= 0.6 is 12.4 Å². The van der Waals surface area contributed by atoms with E-state index in [4.69, 9.17) is 0 Å². The summed E-state index contributed by atoms with van der Waals surface area (Å²) in [6.07, 6.45) is 0.907. The monoisotopic (exact) mass is 308 g/mol. The Morgan fingerprint density at radius 1 is 1.37 bits per heavy atom. The number of nitrogens with one attached hydrogen (secondary N) is 2. The third-order valence-electron chi connectivity index (χ3n) is 3.26. The van der Waals surface area contributed by atoms with E-state index in [0.717, 1.165) is 19.0 Å². The summed E-state index contributed by atoms with van der Waals surface area (Å²) in [7, 11) is -3.79. The molecule has 108 valence electrons. The third-order valence-corrected chi connectivity index (χ3v) is 4.78. The van der Waals surface area contributed by atoms with E-state index in [0.29, 0.717) is 6.54 Å². The Balaban J connectivity index is 0.00000180. The van der Waals surface area contributed by atoms with Gasteiger partial charge < -0.3 is 5.32 Å². The minimum atomic E-state index is -3.79. The summed E-state index contributed by atoms with van der Waals surface area (Å²) in [5.74, 6) is -0.478. The van der Waals surface area contributed by atoms with E-state index >= 15 is 0 Å². The molecule has 0 radical (unpaired) electrons. The Labute approximate surface area is 119 Å². The molecule has 2 N–H and O–H groups in total. The summed E-state index contributed by atoms with van der Waals surface area (Å²) in [5, 5.41) is 3.13. The van der Waals surface area contributed by atoms with Crippen LogP contribution in [-0.4, -0.2) is 27.5 Å². The van der Waals surface area contributed by atoms with Crippen LogP contribution in [0.5, 0.6) is 0 Å². The van der Waals surface area contributed by atoms with Gasteiger partial charge in [-0.15, -0.1) is 12.4 Å². The van der Waals surface area contributed by atoms with Crippen molar-refractivity contribution in [2.75, 3.05) is 13.1 Å². The highest BCUT2D eigenvalue weighted by Gasteiger charge is 2.27. The molecule has 1 aliphatic rings. The first-order valence-electron chi connectivity index (χ1n) is 5.98. The van der Waals surface area contributed by atoms with Crippen LogP contribution in [0.1, 0.15) is 13.3 Å². The number of rotatable bonds is 3. The highest BCUT2D eigenvalue weighted by Crippen LogP contribution is 2.17. The van der Waals surface area contributed by atoms with Gasteiger partial charge >= 0.3 is 0 Å². The van der Waals surface area contributed by atoms with Crippen LogP contribution in [-0.2, 0) is 10.0 Å². The fourth-order valence-corrected chi connectivity index (χ4v) is 3.50. The van der Waals surface area contributed by atoms with Crippen molar-refractivity contribution in [2.45, 2.75) is 24.3 Å². The van der Waals surface area contributed by atoms with Gasteiger partial charge in [0.2, 0.25) is 10.0 Å². The minimum absolute atomic E-state index is 0. The first-order chi connectivity index (χ1) is 8.50. The molecule has 2 rings (SSSR count). The van der Waals surface area contributed by atoms with Gasteiger partial charge in [-0.2, -0.15) is 0 Å². The Bertz CT molecular complexity index is 524. The van der Waals surface area contributed by atoms with Crippen LogP contribution < -0.4 is 10.0 Å². The molecule has 0 amide bonds. The number of piperidine rings is 1. The molecule has 0 aromatic heterocycles. The van der Waals surface area contributed by atoms with E-state index in [1.54, 1.807) is 0 Å². The van der Waals surface area contributed by atoms with Crippen molar-refractivity contribution < 1.29 is 12.8 Å². The highest BCUT2D eigenvalue weighted by molar-refractivity contribution is 7.89. The maximum atomic E-state index is 13.5. The van der Waals surface area contributed by atoms with Crippen LogP contribution in [0.25, 0.3) is 0 Å². The molecule has 0 saturated carbocycles. The van der Waals surface area contributed by atoms with Crippen molar-refractivity contribution in [1.29, 1.82) is 0 Å². The Morgan fingerprint density at radius 2 is 2.05 bits per heavy atom. The summed E-state index contributed by atoms with van der Waals surface area (Å²) in [4.78, 5) is -0.289. The molecule has 1 aromatic rings. The molecule has 1 aliphatic heterocycles. The lowest BCUT2D eigenvalue weighted by molar-refractivity contribution is 0.327. The molecule has 7 heteroatoms. The lowest BCUT2D eigenvalue weighted by atomic mass is 9.96. The summed E-state index contributed by atoms with van der Waals surface area (Å²) < 4.78 is 40.2. The second kappa shape index (κ2) is 6.65. The van der Waals surface area contributed by atoms with E-state index in [1.807, 2.05) is 6.92 Å². The Kier molecular flexibility index (Phi) is 5.73. The van der Waals surface area contributed by atoms with Gasteiger partial charge in [0.25, 0.3) is 0 Å². The van der Waals surface area contributed by atoms with Crippen molar-refractivity contribution in [2.24, 2.45) is 5.92 Å². The van der Waals surface area contributed by atoms with Crippen LogP contribution in [0.3, 0.4) is 0 Å². The number of hydrogen-bond acceptors (Lipinski definition) is 3. The third kappa shape index (κ3) is 3.89. The van der Waals surface area contributed by atoms with Crippen molar-refractivity contribution in [3.63, 3.8) is 0 Å². The molecular weight excluding hydrogens is 291 g/mol. The molecule has 1 heterocycles. The smallest absolute Gasteiger partial charge is 0.243 e. The van der Waals surface area contributed by atoms with E-state index in [1.165, 1.54) is 18.2 Å². The predicted octanol–water partition coefficient (Wildman–Crippen LogP) is 1.52. The largest absolute Gasteiger partial charge is 0.315 e. The maximum Gasteiger partial charge on any atom is 0.243 e. The molecule has 0 bridgehead atoms. The highest BCUT2D eigenvalue weighted by atomic mass is 35.5. The lowest BCUT2D eigenvalue weighted by Crippen LogP contribution is -2.50. The fraction of sp³-hybridized carbons (Fsp3) is 0.500. The molecule has 1 saturated heterocycles. The van der Waals surface area contributed by atoms with E-state index < -0.39 is 15.8 Å². The topological polar surface area (TPSA) is 58.2 Å². The Hall–Kier alpha value is -0.690. The zero-order valence-corrected chi connectivity index (χ0v) is 12.2. The molecule has 1 fully saturated rings. The second-order valence-corrected chi connectivity index (χ2v) is 6.31. The summed E-state index contributed by atoms with van der Waals surface area (Å²) in [5.41, 5.74) is 0. The normalized spacial score (nSPS) is 23.7. The van der Waals surface area contributed by atoms with Crippen molar-refractivity contribution in [3.05, 3.63) is 30.1 Å². The summed E-state index contributed by atoms with van der Waals surface area (Å²) in [6, 6.07) is 5.22. The van der Waals surface area contributed by atoms with E-state index in [2.05, 4.69) is 10.0 Å². The fourth-order valence-electron chi connectivity index (χ4n) is 2.07. The standard InChI is InChI=1S/C12H17FN2O2S.ClH/c1-9-6-7-14-8-11(9)15-18(16,17)12-5-3-2-4-10(12)13;/h2-5,9,11,14-15H,6-8H2,1H3;1H. The summed E-state index contributed by atoms with van der Waals surface area (Å²) >= 11 is 0. The molecule has 2 unspecified atom stereocenters. The van der Waals surface area contributed by atoms with Gasteiger partial charge in [-0.25, -0.2) is 17.5 Å². The van der Waals surface area contributed by atoms with Gasteiger partial charge in [-0.3, -0.25) is 0 Å². The van der Waals surface area contributed by atoms with Crippen LogP contribution in [0.15, 0.2) is 29.2 Å². The van der Waals surface area contributed by atoms with Gasteiger partial charge in [-0.1, -0.05) is 19.1 Å². The lowest BCUT2D eigenvalue weighted by Gasteiger charge is -2.29. The van der Waals surface area contributed by atoms with Crippen molar-refractivity contribution in [3.8, 4) is 0 Å². The predicted molar refractivity (Wildman–Crippen MR) is 74.4 cm³/mol. The van der Waals surface area contributed by atoms with Gasteiger partial charge in [0.05, 0.1) is 0 Å². The summed E-state index contributed by atoms with van der Waals surface area (Å²) in [6.45, 7) is 3.46. The SMILES string of the molecule is CC1CCNCC1NS(=O)(=O)c1ccccc1F.Cl. The van der Waals surface area contributed by atoms with Crippen LogP contribution in [0.2, 0.25) is 0 Å². The molecule has 19 heavy (non-hydrogen) atoms. The minimum Gasteiger partial charge on any atom is -0.315 e. The first kappa shape index (κ1) is 16.4.